The Morgan fingerprint density at radius 2 is 1.63 bits per heavy atom. The van der Waals surface area contributed by atoms with Gasteiger partial charge in [0.2, 0.25) is 21.8 Å². The molecule has 0 radical (unpaired) electrons. The molecule has 0 saturated heterocycles. The quantitative estimate of drug-likeness (QED) is 0.256. The van der Waals surface area contributed by atoms with Crippen molar-refractivity contribution in [1.29, 1.82) is 0 Å². The fourth-order valence-electron chi connectivity index (χ4n) is 5.35. The Hall–Kier alpha value is -3.50. The van der Waals surface area contributed by atoms with Gasteiger partial charge in [-0.05, 0) is 54.7 Å². The number of benzene rings is 3. The molecule has 1 atom stereocenters. The first-order valence-electron chi connectivity index (χ1n) is 14.3. The van der Waals surface area contributed by atoms with Crippen LogP contribution in [-0.2, 0) is 32.6 Å². The van der Waals surface area contributed by atoms with Gasteiger partial charge in [0.1, 0.15) is 6.04 Å². The maximum Gasteiger partial charge on any atom is 0.243 e. The fraction of sp³-hybridized carbons (Fsp3) is 0.375. The van der Waals surface area contributed by atoms with Crippen molar-refractivity contribution in [2.24, 2.45) is 0 Å². The molecule has 2 amide bonds. The van der Waals surface area contributed by atoms with Crippen molar-refractivity contribution in [2.45, 2.75) is 63.6 Å². The van der Waals surface area contributed by atoms with Gasteiger partial charge >= 0.3 is 0 Å². The van der Waals surface area contributed by atoms with Gasteiger partial charge in [-0.2, -0.15) is 0 Å². The molecule has 43 heavy (non-hydrogen) atoms. The highest BCUT2D eigenvalue weighted by molar-refractivity contribution is 7.92. The average molecular weight is 632 g/mol. The molecule has 3 aromatic rings. The zero-order chi connectivity index (χ0) is 31.0. The van der Waals surface area contributed by atoms with E-state index in [1.807, 2.05) is 30.3 Å². The minimum absolute atomic E-state index is 0.0373. The van der Waals surface area contributed by atoms with E-state index in [4.69, 9.17) is 11.6 Å². The van der Waals surface area contributed by atoms with E-state index in [1.54, 1.807) is 29.2 Å². The van der Waals surface area contributed by atoms with Crippen LogP contribution in [0, 0.1) is 11.6 Å². The second-order valence-corrected chi connectivity index (χ2v) is 13.2. The predicted octanol–water partition coefficient (Wildman–Crippen LogP) is 5.86. The third-order valence-electron chi connectivity index (χ3n) is 7.58. The third kappa shape index (κ3) is 9.24. The van der Waals surface area contributed by atoms with Crippen molar-refractivity contribution >= 4 is 39.1 Å². The van der Waals surface area contributed by atoms with Crippen molar-refractivity contribution in [1.82, 2.24) is 10.2 Å². The van der Waals surface area contributed by atoms with Gasteiger partial charge in [-0.3, -0.25) is 13.9 Å². The molecule has 3 aromatic carbocycles. The van der Waals surface area contributed by atoms with Crippen LogP contribution in [0.15, 0.2) is 72.8 Å². The van der Waals surface area contributed by atoms with Crippen LogP contribution >= 0.6 is 11.6 Å². The van der Waals surface area contributed by atoms with Gasteiger partial charge < -0.3 is 10.2 Å². The molecule has 1 aliphatic carbocycles. The summed E-state index contributed by atoms with van der Waals surface area (Å²) in [7, 11) is -3.86. The Balaban J connectivity index is 1.58. The van der Waals surface area contributed by atoms with E-state index in [9.17, 15) is 26.8 Å². The van der Waals surface area contributed by atoms with E-state index in [2.05, 4.69) is 5.32 Å². The molecule has 11 heteroatoms. The number of nitrogens with zero attached hydrogens (tertiary/aromatic N) is 2. The highest BCUT2D eigenvalue weighted by atomic mass is 35.5. The van der Waals surface area contributed by atoms with Gasteiger partial charge in [0.05, 0.1) is 11.9 Å². The third-order valence-corrected chi connectivity index (χ3v) is 9.03. The molecule has 1 N–H and O–H groups in total. The minimum atomic E-state index is -3.86. The van der Waals surface area contributed by atoms with E-state index in [0.717, 1.165) is 59.5 Å². The van der Waals surface area contributed by atoms with Gasteiger partial charge in [0.15, 0.2) is 11.6 Å². The number of hydrogen-bond donors (Lipinski definition) is 1. The normalized spacial score (nSPS) is 14.3. The number of nitrogens with one attached hydrogen (secondary N) is 1. The molecular weight excluding hydrogens is 596 g/mol. The first-order chi connectivity index (χ1) is 20.5. The summed E-state index contributed by atoms with van der Waals surface area (Å²) < 4.78 is 53.4. The average Bonchev–Trinajstić information content (AvgIpc) is 3.48. The highest BCUT2D eigenvalue weighted by Gasteiger charge is 2.32. The van der Waals surface area contributed by atoms with Crippen LogP contribution in [0.25, 0.3) is 0 Å². The predicted molar refractivity (Wildman–Crippen MR) is 164 cm³/mol. The number of halogens is 3. The number of amides is 2. The zero-order valence-electron chi connectivity index (χ0n) is 24.0. The fourth-order valence-corrected chi connectivity index (χ4v) is 6.44. The van der Waals surface area contributed by atoms with Crippen molar-refractivity contribution in [3.8, 4) is 0 Å². The minimum Gasteiger partial charge on any atom is -0.352 e. The smallest absolute Gasteiger partial charge is 0.243 e. The van der Waals surface area contributed by atoms with E-state index in [0.29, 0.717) is 11.4 Å². The standard InChI is InChI=1S/C32H36ClF2N3O4S/c1-43(41,42)38(27-17-18-28(34)29(35)21-27)19-7-12-31(39)37(22-24-13-15-25(33)16-14-24)30(20-23-8-3-2-4-9-23)32(40)36-26-10-5-6-11-26/h2-4,8-9,13-18,21,26,30H,5-7,10-12,19-20,22H2,1H3,(H,36,40)/t30-/m1/s1. The molecule has 0 bridgehead atoms. The maximum atomic E-state index is 13.9. The molecular formula is C32H36ClF2N3O4S. The lowest BCUT2D eigenvalue weighted by atomic mass is 10.0. The molecule has 0 heterocycles. The highest BCUT2D eigenvalue weighted by Crippen LogP contribution is 2.23. The molecule has 1 saturated carbocycles. The molecule has 1 fully saturated rings. The Labute approximate surface area is 256 Å². The lowest BCUT2D eigenvalue weighted by Gasteiger charge is -2.33. The topological polar surface area (TPSA) is 86.8 Å². The van der Waals surface area contributed by atoms with Crippen LogP contribution in [0.1, 0.15) is 49.7 Å². The van der Waals surface area contributed by atoms with E-state index < -0.39 is 27.7 Å². The van der Waals surface area contributed by atoms with Gasteiger partial charge in [0, 0.05) is 43.1 Å². The molecule has 0 spiro atoms. The van der Waals surface area contributed by atoms with Crippen molar-refractivity contribution in [3.05, 3.63) is 101 Å². The summed E-state index contributed by atoms with van der Waals surface area (Å²) >= 11 is 6.09. The summed E-state index contributed by atoms with van der Waals surface area (Å²) in [6.07, 6.45) is 5.12. The molecule has 1 aliphatic rings. The first kappa shape index (κ1) is 32.4. The van der Waals surface area contributed by atoms with Gasteiger partial charge in [0.25, 0.3) is 0 Å². The van der Waals surface area contributed by atoms with Gasteiger partial charge in [-0.15, -0.1) is 0 Å². The van der Waals surface area contributed by atoms with Crippen molar-refractivity contribution < 1.29 is 26.8 Å². The molecule has 0 unspecified atom stereocenters. The van der Waals surface area contributed by atoms with Crippen LogP contribution in [-0.4, -0.2) is 50.0 Å². The monoisotopic (exact) mass is 631 g/mol. The maximum absolute atomic E-state index is 13.9. The number of carbonyl (C=O) groups is 2. The number of carbonyl (C=O) groups excluding carboxylic acids is 2. The summed E-state index contributed by atoms with van der Waals surface area (Å²) in [6.45, 7) is 0.00655. The van der Waals surface area contributed by atoms with Crippen LogP contribution < -0.4 is 9.62 Å². The van der Waals surface area contributed by atoms with Crippen LogP contribution in [0.5, 0.6) is 0 Å². The summed E-state index contributed by atoms with van der Waals surface area (Å²) in [5.41, 5.74) is 1.64. The number of rotatable bonds is 13. The zero-order valence-corrected chi connectivity index (χ0v) is 25.6. The summed E-state index contributed by atoms with van der Waals surface area (Å²) in [5.74, 6) is -2.84. The number of anilines is 1. The number of sulfonamides is 1. The Bertz CT molecular complexity index is 1500. The van der Waals surface area contributed by atoms with Gasteiger partial charge in [-0.25, -0.2) is 17.2 Å². The molecule has 230 valence electrons. The number of hydrogen-bond acceptors (Lipinski definition) is 4. The molecule has 0 aromatic heterocycles. The van der Waals surface area contributed by atoms with E-state index >= 15 is 0 Å². The van der Waals surface area contributed by atoms with Crippen LogP contribution in [0.4, 0.5) is 14.5 Å². The van der Waals surface area contributed by atoms with Gasteiger partial charge in [-0.1, -0.05) is 66.9 Å². The largest absolute Gasteiger partial charge is 0.352 e. The summed E-state index contributed by atoms with van der Waals surface area (Å²) in [4.78, 5) is 29.2. The Morgan fingerprint density at radius 1 is 0.953 bits per heavy atom. The van der Waals surface area contributed by atoms with Crippen molar-refractivity contribution in [2.75, 3.05) is 17.1 Å². The second kappa shape index (κ2) is 14.8. The molecule has 0 aliphatic heterocycles. The Kier molecular flexibility index (Phi) is 11.2. The summed E-state index contributed by atoms with van der Waals surface area (Å²) in [6, 6.07) is 18.6. The SMILES string of the molecule is CS(=O)(=O)N(CCCC(=O)N(Cc1ccc(Cl)cc1)[C@H](Cc1ccccc1)C(=O)NC1CCCC1)c1ccc(F)c(F)c1. The Morgan fingerprint density at radius 3 is 2.26 bits per heavy atom. The second-order valence-electron chi connectivity index (χ2n) is 10.9. The first-order valence-corrected chi connectivity index (χ1v) is 16.5. The lowest BCUT2D eigenvalue weighted by molar-refractivity contribution is -0.141. The molecule has 4 rings (SSSR count). The van der Waals surface area contributed by atoms with Crippen molar-refractivity contribution in [3.63, 3.8) is 0 Å². The van der Waals surface area contributed by atoms with Crippen LogP contribution in [0.3, 0.4) is 0 Å². The lowest BCUT2D eigenvalue weighted by Crippen LogP contribution is -2.52. The summed E-state index contributed by atoms with van der Waals surface area (Å²) in [5, 5.41) is 3.69. The molecule has 7 nitrogen and oxygen atoms in total. The van der Waals surface area contributed by atoms with Crippen LogP contribution in [0.2, 0.25) is 5.02 Å². The van der Waals surface area contributed by atoms with E-state index in [-0.39, 0.29) is 49.5 Å². The van der Waals surface area contributed by atoms with E-state index in [1.165, 1.54) is 6.07 Å².